The maximum atomic E-state index is 5.50. The largest absolute Gasteiger partial charge is 0.381 e. The lowest BCUT2D eigenvalue weighted by Crippen LogP contribution is -2.28. The van der Waals surface area contributed by atoms with Gasteiger partial charge in [-0.05, 0) is 18.8 Å². The molecule has 3 nitrogen and oxygen atoms in total. The van der Waals surface area contributed by atoms with Gasteiger partial charge in [0.2, 0.25) is 0 Å². The van der Waals surface area contributed by atoms with E-state index in [0.717, 1.165) is 32.5 Å². The number of alkyl halides is 1. The number of nitrogens with zero attached hydrogens (tertiary/aromatic N) is 2. The predicted molar refractivity (Wildman–Crippen MR) is 63.2 cm³/mol. The zero-order valence-electron chi connectivity index (χ0n) is 9.03. The summed E-state index contributed by atoms with van der Waals surface area (Å²) < 4.78 is 7.59. The first-order chi connectivity index (χ1) is 7.27. The fraction of sp³-hybridized carbons (Fsp3) is 0.727. The Morgan fingerprint density at radius 3 is 3.20 bits per heavy atom. The van der Waals surface area contributed by atoms with Crippen molar-refractivity contribution in [2.75, 3.05) is 13.2 Å². The third kappa shape index (κ3) is 2.82. The summed E-state index contributed by atoms with van der Waals surface area (Å²) in [6, 6.07) is 0. The summed E-state index contributed by atoms with van der Waals surface area (Å²) in [5.74, 6) is 1.80. The van der Waals surface area contributed by atoms with Gasteiger partial charge in [0.1, 0.15) is 5.82 Å². The van der Waals surface area contributed by atoms with E-state index < -0.39 is 0 Å². The molecule has 1 aliphatic heterocycles. The zero-order chi connectivity index (χ0) is 10.7. The fourth-order valence-corrected chi connectivity index (χ4v) is 2.59. The summed E-state index contributed by atoms with van der Waals surface area (Å²) in [6.07, 6.45) is 7.18. The van der Waals surface area contributed by atoms with Crippen molar-refractivity contribution in [1.29, 1.82) is 0 Å². The first-order valence-electron chi connectivity index (χ1n) is 5.45. The maximum absolute atomic E-state index is 5.50. The van der Waals surface area contributed by atoms with Gasteiger partial charge in [0.15, 0.2) is 0 Å². The molecule has 0 amide bonds. The van der Waals surface area contributed by atoms with Crippen LogP contribution in [0.2, 0.25) is 0 Å². The highest BCUT2D eigenvalue weighted by atomic mass is 79.9. The van der Waals surface area contributed by atoms with Gasteiger partial charge in [-0.1, -0.05) is 15.9 Å². The van der Waals surface area contributed by atoms with E-state index in [4.69, 9.17) is 4.74 Å². The Morgan fingerprint density at radius 2 is 2.53 bits per heavy atom. The van der Waals surface area contributed by atoms with Crippen molar-refractivity contribution in [2.45, 2.75) is 24.1 Å². The minimum absolute atomic E-state index is 0.617. The van der Waals surface area contributed by atoms with Crippen LogP contribution in [0.1, 0.15) is 18.7 Å². The second kappa shape index (κ2) is 5.12. The van der Waals surface area contributed by atoms with Gasteiger partial charge in [0.25, 0.3) is 0 Å². The molecule has 2 atom stereocenters. The SMILES string of the molecule is Cn1ccnc1CCC1COCCC1Br. The van der Waals surface area contributed by atoms with E-state index in [2.05, 4.69) is 25.5 Å². The molecule has 1 aromatic heterocycles. The van der Waals surface area contributed by atoms with Crippen molar-refractivity contribution < 1.29 is 4.74 Å². The molecule has 0 bridgehead atoms. The normalized spacial score (nSPS) is 26.8. The Kier molecular flexibility index (Phi) is 3.81. The zero-order valence-corrected chi connectivity index (χ0v) is 10.6. The van der Waals surface area contributed by atoms with Crippen LogP contribution in [-0.4, -0.2) is 27.6 Å². The lowest BCUT2D eigenvalue weighted by molar-refractivity contribution is 0.0572. The molecule has 0 saturated carbocycles. The molecule has 2 heterocycles. The van der Waals surface area contributed by atoms with Gasteiger partial charge in [0.05, 0.1) is 6.61 Å². The first kappa shape index (κ1) is 11.1. The highest BCUT2D eigenvalue weighted by Gasteiger charge is 2.23. The molecule has 0 aliphatic carbocycles. The van der Waals surface area contributed by atoms with Crippen molar-refractivity contribution >= 4 is 15.9 Å². The van der Waals surface area contributed by atoms with Crippen LogP contribution in [0.3, 0.4) is 0 Å². The second-order valence-electron chi connectivity index (χ2n) is 4.13. The van der Waals surface area contributed by atoms with E-state index in [1.165, 1.54) is 5.82 Å². The standard InChI is InChI=1S/C11H17BrN2O/c1-14-6-5-13-11(14)3-2-9-8-15-7-4-10(9)12/h5-6,9-10H,2-4,7-8H2,1H3. The van der Waals surface area contributed by atoms with Crippen LogP contribution in [-0.2, 0) is 18.2 Å². The molecule has 0 aromatic carbocycles. The van der Waals surface area contributed by atoms with Gasteiger partial charge in [0, 0.05) is 37.3 Å². The van der Waals surface area contributed by atoms with Crippen molar-refractivity contribution in [3.63, 3.8) is 0 Å². The Balaban J connectivity index is 1.84. The number of hydrogen-bond acceptors (Lipinski definition) is 2. The number of rotatable bonds is 3. The molecule has 84 valence electrons. The van der Waals surface area contributed by atoms with E-state index in [9.17, 15) is 0 Å². The van der Waals surface area contributed by atoms with E-state index in [0.29, 0.717) is 10.7 Å². The van der Waals surface area contributed by atoms with Gasteiger partial charge in [-0.3, -0.25) is 0 Å². The molecule has 1 saturated heterocycles. The van der Waals surface area contributed by atoms with E-state index in [1.807, 2.05) is 19.4 Å². The lowest BCUT2D eigenvalue weighted by atomic mass is 9.96. The van der Waals surface area contributed by atoms with Crippen molar-refractivity contribution in [3.05, 3.63) is 18.2 Å². The van der Waals surface area contributed by atoms with Crippen LogP contribution in [0.4, 0.5) is 0 Å². The molecule has 1 aromatic rings. The smallest absolute Gasteiger partial charge is 0.108 e. The Bertz CT molecular complexity index is 313. The van der Waals surface area contributed by atoms with E-state index in [-0.39, 0.29) is 0 Å². The van der Waals surface area contributed by atoms with Gasteiger partial charge in [-0.2, -0.15) is 0 Å². The lowest BCUT2D eigenvalue weighted by Gasteiger charge is -2.27. The average molecular weight is 273 g/mol. The van der Waals surface area contributed by atoms with Crippen LogP contribution in [0.15, 0.2) is 12.4 Å². The number of ether oxygens (including phenoxy) is 1. The van der Waals surface area contributed by atoms with Crippen LogP contribution < -0.4 is 0 Å². The van der Waals surface area contributed by atoms with Crippen molar-refractivity contribution in [1.82, 2.24) is 9.55 Å². The topological polar surface area (TPSA) is 27.1 Å². The van der Waals surface area contributed by atoms with Crippen LogP contribution in [0, 0.1) is 5.92 Å². The minimum atomic E-state index is 0.617. The molecule has 1 aliphatic rings. The highest BCUT2D eigenvalue weighted by molar-refractivity contribution is 9.09. The predicted octanol–water partition coefficient (Wildman–Crippen LogP) is 2.15. The summed E-state index contributed by atoms with van der Waals surface area (Å²) in [5.41, 5.74) is 0. The summed E-state index contributed by atoms with van der Waals surface area (Å²) in [6.45, 7) is 1.79. The Morgan fingerprint density at radius 1 is 1.67 bits per heavy atom. The summed E-state index contributed by atoms with van der Waals surface area (Å²) >= 11 is 3.73. The molecule has 1 fully saturated rings. The third-order valence-electron chi connectivity index (χ3n) is 3.04. The quantitative estimate of drug-likeness (QED) is 0.789. The van der Waals surface area contributed by atoms with Crippen LogP contribution >= 0.6 is 15.9 Å². The average Bonchev–Trinajstić information content (AvgIpc) is 2.63. The van der Waals surface area contributed by atoms with Crippen LogP contribution in [0.25, 0.3) is 0 Å². The van der Waals surface area contributed by atoms with E-state index in [1.54, 1.807) is 0 Å². The molecule has 0 N–H and O–H groups in total. The number of aromatic nitrogens is 2. The summed E-state index contributed by atoms with van der Waals surface area (Å²) in [5, 5.41) is 0. The monoisotopic (exact) mass is 272 g/mol. The van der Waals surface area contributed by atoms with Gasteiger partial charge in [-0.15, -0.1) is 0 Å². The number of aryl methyl sites for hydroxylation is 2. The first-order valence-corrected chi connectivity index (χ1v) is 6.37. The number of halogens is 1. The molecule has 0 radical (unpaired) electrons. The van der Waals surface area contributed by atoms with Gasteiger partial charge < -0.3 is 9.30 Å². The highest BCUT2D eigenvalue weighted by Crippen LogP contribution is 2.25. The van der Waals surface area contributed by atoms with Gasteiger partial charge >= 0.3 is 0 Å². The van der Waals surface area contributed by atoms with Crippen molar-refractivity contribution in [2.24, 2.45) is 13.0 Å². The van der Waals surface area contributed by atoms with Crippen LogP contribution in [0.5, 0.6) is 0 Å². The molecule has 15 heavy (non-hydrogen) atoms. The molecule has 0 spiro atoms. The Hall–Kier alpha value is -0.350. The Labute approximate surface area is 99.0 Å². The molecule has 2 rings (SSSR count). The third-order valence-corrected chi connectivity index (χ3v) is 4.25. The molecular formula is C11H17BrN2O. The van der Waals surface area contributed by atoms with Gasteiger partial charge in [-0.25, -0.2) is 4.98 Å². The minimum Gasteiger partial charge on any atom is -0.381 e. The fourth-order valence-electron chi connectivity index (χ4n) is 1.99. The number of hydrogen-bond donors (Lipinski definition) is 0. The number of imidazole rings is 1. The molecular weight excluding hydrogens is 256 g/mol. The van der Waals surface area contributed by atoms with E-state index >= 15 is 0 Å². The summed E-state index contributed by atoms with van der Waals surface area (Å²) in [7, 11) is 2.05. The van der Waals surface area contributed by atoms with Crippen molar-refractivity contribution in [3.8, 4) is 0 Å². The second-order valence-corrected chi connectivity index (χ2v) is 5.31. The summed E-state index contributed by atoms with van der Waals surface area (Å²) in [4.78, 5) is 4.95. The molecule has 4 heteroatoms. The molecule has 2 unspecified atom stereocenters. The maximum Gasteiger partial charge on any atom is 0.108 e.